The first-order valence-electron chi connectivity index (χ1n) is 6.97. The van der Waals surface area contributed by atoms with Gasteiger partial charge >= 0.3 is 0 Å². The van der Waals surface area contributed by atoms with Gasteiger partial charge in [-0.05, 0) is 31.1 Å². The predicted octanol–water partition coefficient (Wildman–Crippen LogP) is 2.19. The lowest BCUT2D eigenvalue weighted by Crippen LogP contribution is -2.52. The fourth-order valence-corrected chi connectivity index (χ4v) is 3.13. The van der Waals surface area contributed by atoms with Crippen molar-refractivity contribution in [1.82, 2.24) is 5.32 Å². The number of hydrogen-bond acceptors (Lipinski definition) is 3. The van der Waals surface area contributed by atoms with E-state index < -0.39 is 0 Å². The maximum absolute atomic E-state index is 9.69. The maximum Gasteiger partial charge on any atom is 0.0613 e. The number of ether oxygens (including phenoxy) is 1. The van der Waals surface area contributed by atoms with E-state index in [1.54, 1.807) is 7.11 Å². The zero-order valence-corrected chi connectivity index (χ0v) is 11.7. The standard InChI is InChI=1S/C14H29NO2/c1-12(2)9-13-5-4-6-14(10-13,11-16)15-7-8-17-3/h12-13,15-16H,4-11H2,1-3H3. The molecule has 3 nitrogen and oxygen atoms in total. The van der Waals surface area contributed by atoms with Crippen molar-refractivity contribution < 1.29 is 9.84 Å². The SMILES string of the molecule is COCCNC1(CO)CCCC(CC(C)C)C1. The van der Waals surface area contributed by atoms with Gasteiger partial charge < -0.3 is 15.2 Å². The van der Waals surface area contributed by atoms with Gasteiger partial charge in [0.1, 0.15) is 0 Å². The second-order valence-electron chi connectivity index (χ2n) is 5.95. The fourth-order valence-electron chi connectivity index (χ4n) is 3.13. The highest BCUT2D eigenvalue weighted by Crippen LogP contribution is 2.35. The summed E-state index contributed by atoms with van der Waals surface area (Å²) in [5, 5.41) is 13.2. The summed E-state index contributed by atoms with van der Waals surface area (Å²) in [6, 6.07) is 0. The molecular formula is C14H29NO2. The Bertz CT molecular complexity index is 208. The quantitative estimate of drug-likeness (QED) is 0.674. The first-order chi connectivity index (χ1) is 8.12. The molecule has 0 saturated heterocycles. The van der Waals surface area contributed by atoms with Crippen LogP contribution < -0.4 is 5.32 Å². The second kappa shape index (κ2) is 7.34. The summed E-state index contributed by atoms with van der Waals surface area (Å²) in [5.74, 6) is 1.53. The lowest BCUT2D eigenvalue weighted by molar-refractivity contribution is 0.0800. The fraction of sp³-hybridized carbons (Fsp3) is 1.00. The van der Waals surface area contributed by atoms with Crippen molar-refractivity contribution in [3.8, 4) is 0 Å². The molecule has 0 aromatic rings. The average molecular weight is 243 g/mol. The average Bonchev–Trinajstić information content (AvgIpc) is 2.29. The van der Waals surface area contributed by atoms with Gasteiger partial charge in [-0.1, -0.05) is 26.7 Å². The molecule has 0 spiro atoms. The molecule has 0 aromatic heterocycles. The second-order valence-corrected chi connectivity index (χ2v) is 5.95. The van der Waals surface area contributed by atoms with E-state index in [4.69, 9.17) is 4.74 Å². The zero-order valence-electron chi connectivity index (χ0n) is 11.7. The van der Waals surface area contributed by atoms with Gasteiger partial charge in [0.25, 0.3) is 0 Å². The first-order valence-corrected chi connectivity index (χ1v) is 6.97. The molecule has 0 heterocycles. The van der Waals surface area contributed by atoms with Crippen LogP contribution in [0.5, 0.6) is 0 Å². The van der Waals surface area contributed by atoms with E-state index in [1.807, 2.05) is 0 Å². The Morgan fingerprint density at radius 1 is 1.47 bits per heavy atom. The van der Waals surface area contributed by atoms with Gasteiger partial charge in [-0.25, -0.2) is 0 Å². The van der Waals surface area contributed by atoms with Crippen LogP contribution in [0.15, 0.2) is 0 Å². The number of aliphatic hydroxyl groups is 1. The molecule has 0 aliphatic heterocycles. The van der Waals surface area contributed by atoms with E-state index in [1.165, 1.54) is 19.3 Å². The third-order valence-electron chi connectivity index (χ3n) is 3.86. The summed E-state index contributed by atoms with van der Waals surface area (Å²) in [6.45, 7) is 6.38. The summed E-state index contributed by atoms with van der Waals surface area (Å²) in [6.07, 6.45) is 6.06. The van der Waals surface area contributed by atoms with E-state index >= 15 is 0 Å². The Balaban J connectivity index is 2.46. The molecule has 2 atom stereocenters. The summed E-state index contributed by atoms with van der Waals surface area (Å²) in [7, 11) is 1.72. The zero-order chi connectivity index (χ0) is 12.7. The van der Waals surface area contributed by atoms with E-state index in [0.29, 0.717) is 0 Å². The molecule has 0 amide bonds. The Morgan fingerprint density at radius 3 is 2.82 bits per heavy atom. The van der Waals surface area contributed by atoms with Crippen molar-refractivity contribution >= 4 is 0 Å². The maximum atomic E-state index is 9.69. The largest absolute Gasteiger partial charge is 0.394 e. The monoisotopic (exact) mass is 243 g/mol. The predicted molar refractivity (Wildman–Crippen MR) is 71.1 cm³/mol. The molecule has 1 aliphatic rings. The molecule has 3 heteroatoms. The van der Waals surface area contributed by atoms with Crippen LogP contribution in [0.1, 0.15) is 46.0 Å². The molecule has 1 aliphatic carbocycles. The molecule has 0 radical (unpaired) electrons. The third kappa shape index (κ3) is 4.94. The Labute approximate surface area is 106 Å². The van der Waals surface area contributed by atoms with Crippen LogP contribution in [0.25, 0.3) is 0 Å². The van der Waals surface area contributed by atoms with E-state index in [9.17, 15) is 5.11 Å². The number of aliphatic hydroxyl groups excluding tert-OH is 1. The van der Waals surface area contributed by atoms with Crippen molar-refractivity contribution in [2.24, 2.45) is 11.8 Å². The van der Waals surface area contributed by atoms with E-state index in [-0.39, 0.29) is 12.1 Å². The minimum Gasteiger partial charge on any atom is -0.394 e. The summed E-state index contributed by atoms with van der Waals surface area (Å²) >= 11 is 0. The smallest absolute Gasteiger partial charge is 0.0613 e. The van der Waals surface area contributed by atoms with Gasteiger partial charge in [-0.3, -0.25) is 0 Å². The summed E-state index contributed by atoms with van der Waals surface area (Å²) < 4.78 is 5.07. The molecule has 2 N–H and O–H groups in total. The Hall–Kier alpha value is -0.120. The van der Waals surface area contributed by atoms with Crippen molar-refractivity contribution in [3.05, 3.63) is 0 Å². The van der Waals surface area contributed by atoms with Crippen LogP contribution in [0.2, 0.25) is 0 Å². The molecule has 102 valence electrons. The summed E-state index contributed by atoms with van der Waals surface area (Å²) in [5.41, 5.74) is -0.0453. The molecule has 1 saturated carbocycles. The van der Waals surface area contributed by atoms with E-state index in [2.05, 4.69) is 19.2 Å². The van der Waals surface area contributed by atoms with Gasteiger partial charge in [-0.15, -0.1) is 0 Å². The molecule has 1 fully saturated rings. The Morgan fingerprint density at radius 2 is 2.24 bits per heavy atom. The van der Waals surface area contributed by atoms with Gasteiger partial charge in [-0.2, -0.15) is 0 Å². The lowest BCUT2D eigenvalue weighted by Gasteiger charge is -2.41. The molecule has 17 heavy (non-hydrogen) atoms. The normalized spacial score (nSPS) is 29.8. The van der Waals surface area contributed by atoms with Crippen LogP contribution in [-0.4, -0.2) is 37.5 Å². The molecular weight excluding hydrogens is 214 g/mol. The lowest BCUT2D eigenvalue weighted by atomic mass is 9.73. The minimum atomic E-state index is -0.0453. The van der Waals surface area contributed by atoms with Crippen LogP contribution in [0, 0.1) is 11.8 Å². The van der Waals surface area contributed by atoms with Crippen molar-refractivity contribution in [3.63, 3.8) is 0 Å². The highest BCUT2D eigenvalue weighted by molar-refractivity contribution is 4.93. The topological polar surface area (TPSA) is 41.5 Å². The van der Waals surface area contributed by atoms with Crippen LogP contribution in [-0.2, 0) is 4.74 Å². The summed E-state index contributed by atoms with van der Waals surface area (Å²) in [4.78, 5) is 0. The third-order valence-corrected chi connectivity index (χ3v) is 3.86. The minimum absolute atomic E-state index is 0.0453. The molecule has 1 rings (SSSR count). The molecule has 0 aromatic carbocycles. The number of methoxy groups -OCH3 is 1. The van der Waals surface area contributed by atoms with Crippen LogP contribution in [0.3, 0.4) is 0 Å². The highest BCUT2D eigenvalue weighted by Gasteiger charge is 2.35. The van der Waals surface area contributed by atoms with Gasteiger partial charge in [0.15, 0.2) is 0 Å². The van der Waals surface area contributed by atoms with Crippen molar-refractivity contribution in [1.29, 1.82) is 0 Å². The van der Waals surface area contributed by atoms with Gasteiger partial charge in [0.05, 0.1) is 13.2 Å². The van der Waals surface area contributed by atoms with Crippen LogP contribution in [0.4, 0.5) is 0 Å². The van der Waals surface area contributed by atoms with Crippen molar-refractivity contribution in [2.45, 2.75) is 51.5 Å². The number of nitrogens with one attached hydrogen (secondary N) is 1. The van der Waals surface area contributed by atoms with Crippen molar-refractivity contribution in [2.75, 3.05) is 26.9 Å². The van der Waals surface area contributed by atoms with Crippen LogP contribution >= 0.6 is 0 Å². The van der Waals surface area contributed by atoms with Gasteiger partial charge in [0.2, 0.25) is 0 Å². The molecule has 0 bridgehead atoms. The Kier molecular flexibility index (Phi) is 6.45. The molecule has 2 unspecified atom stereocenters. The van der Waals surface area contributed by atoms with E-state index in [0.717, 1.165) is 37.8 Å². The number of hydrogen-bond donors (Lipinski definition) is 2. The van der Waals surface area contributed by atoms with Gasteiger partial charge in [0, 0.05) is 19.2 Å². The first kappa shape index (κ1) is 14.9. The number of rotatable bonds is 7. The highest BCUT2D eigenvalue weighted by atomic mass is 16.5.